The number of methoxy groups -OCH3 is 1. The number of aromatic amines is 1. The highest BCUT2D eigenvalue weighted by Crippen LogP contribution is 2.27. The third-order valence-electron chi connectivity index (χ3n) is 3.87. The van der Waals surface area contributed by atoms with Crippen LogP contribution in [-0.2, 0) is 0 Å². The Hall–Kier alpha value is -3.28. The lowest BCUT2D eigenvalue weighted by Crippen LogP contribution is -2.14. The lowest BCUT2D eigenvalue weighted by molar-refractivity contribution is 0.414. The molecule has 0 radical (unpaired) electrons. The first-order valence-electron chi connectivity index (χ1n) is 7.11. The van der Waals surface area contributed by atoms with E-state index >= 15 is 0 Å². The van der Waals surface area contributed by atoms with Crippen molar-refractivity contribution in [2.75, 3.05) is 12.8 Å². The number of rotatable bonds is 2. The molecular formula is C17H14N4O2. The maximum absolute atomic E-state index is 12.6. The molecule has 0 atom stereocenters. The van der Waals surface area contributed by atoms with Gasteiger partial charge in [-0.1, -0.05) is 0 Å². The van der Waals surface area contributed by atoms with E-state index in [0.717, 1.165) is 16.7 Å². The van der Waals surface area contributed by atoms with Crippen LogP contribution in [0.4, 0.5) is 5.69 Å². The van der Waals surface area contributed by atoms with Crippen LogP contribution >= 0.6 is 0 Å². The molecule has 2 aromatic rings. The second kappa shape index (κ2) is 4.88. The van der Waals surface area contributed by atoms with Crippen LogP contribution in [0.15, 0.2) is 53.5 Å². The van der Waals surface area contributed by atoms with Crippen LogP contribution in [0.5, 0.6) is 5.75 Å². The van der Waals surface area contributed by atoms with Gasteiger partial charge in [0.15, 0.2) is 0 Å². The molecule has 6 heteroatoms. The standard InChI is InChI=1S/C17H14N4O2/c1-23-12-5-3-11(4-6-12)21-17(22)14-9-19-15-7-2-10(18)8-13(15)16(14)20-21/h2-9,19H,18H2,1H3. The van der Waals surface area contributed by atoms with Crippen molar-refractivity contribution in [1.29, 1.82) is 0 Å². The van der Waals surface area contributed by atoms with Gasteiger partial charge in [-0.05, 0) is 42.5 Å². The molecule has 2 aromatic carbocycles. The molecule has 0 unspecified atom stereocenters. The monoisotopic (exact) mass is 306 g/mol. The van der Waals surface area contributed by atoms with Crippen molar-refractivity contribution >= 4 is 16.6 Å². The fourth-order valence-electron chi connectivity index (χ4n) is 2.68. The number of hydrogen-bond acceptors (Lipinski definition) is 4. The van der Waals surface area contributed by atoms with E-state index in [1.54, 1.807) is 37.6 Å². The van der Waals surface area contributed by atoms with Gasteiger partial charge in [0.05, 0.1) is 18.4 Å². The number of aromatic nitrogens is 3. The maximum Gasteiger partial charge on any atom is 0.282 e. The predicted molar refractivity (Wildman–Crippen MR) is 89.3 cm³/mol. The first-order valence-corrected chi connectivity index (χ1v) is 7.11. The third-order valence-corrected chi connectivity index (χ3v) is 3.87. The smallest absolute Gasteiger partial charge is 0.282 e. The Morgan fingerprint density at radius 2 is 1.96 bits per heavy atom. The maximum atomic E-state index is 12.6. The highest BCUT2D eigenvalue weighted by molar-refractivity contribution is 5.95. The van der Waals surface area contributed by atoms with Gasteiger partial charge in [-0.2, -0.15) is 9.78 Å². The van der Waals surface area contributed by atoms with Gasteiger partial charge < -0.3 is 15.5 Å². The Balaban J connectivity index is 1.99. The van der Waals surface area contributed by atoms with Gasteiger partial charge in [-0.15, -0.1) is 0 Å². The molecule has 0 bridgehead atoms. The average Bonchev–Trinajstić information content (AvgIpc) is 2.92. The van der Waals surface area contributed by atoms with Crippen molar-refractivity contribution in [3.05, 3.63) is 59.0 Å². The second-order valence-electron chi connectivity index (χ2n) is 5.27. The SMILES string of the molecule is COc1ccc(-n2nc3c4cc(N)ccc4[nH]cc-3c2=O)cc1. The summed E-state index contributed by atoms with van der Waals surface area (Å²) in [6, 6.07) is 12.7. The van der Waals surface area contributed by atoms with Gasteiger partial charge in [0.2, 0.25) is 0 Å². The Morgan fingerprint density at radius 1 is 1.17 bits per heavy atom. The normalized spacial score (nSPS) is 11.2. The lowest BCUT2D eigenvalue weighted by atomic mass is 10.1. The molecule has 3 N–H and O–H groups in total. The number of pyridine rings is 1. The van der Waals surface area contributed by atoms with Crippen LogP contribution in [0.1, 0.15) is 0 Å². The lowest BCUT2D eigenvalue weighted by Gasteiger charge is -2.03. The van der Waals surface area contributed by atoms with Gasteiger partial charge in [-0.25, -0.2) is 0 Å². The number of fused-ring (bicyclic) bond motifs is 3. The van der Waals surface area contributed by atoms with Crippen LogP contribution in [0, 0.1) is 0 Å². The van der Waals surface area contributed by atoms with Crippen LogP contribution in [0.2, 0.25) is 0 Å². The molecule has 0 saturated heterocycles. The van der Waals surface area contributed by atoms with Crippen molar-refractivity contribution in [3.63, 3.8) is 0 Å². The Bertz CT molecular complexity index is 1030. The van der Waals surface area contributed by atoms with Crippen LogP contribution in [0.25, 0.3) is 27.8 Å². The number of nitrogens with one attached hydrogen (secondary N) is 1. The first-order chi connectivity index (χ1) is 11.2. The number of benzene rings is 2. The summed E-state index contributed by atoms with van der Waals surface area (Å²) in [4.78, 5) is 15.7. The molecule has 0 aromatic heterocycles. The van der Waals surface area contributed by atoms with E-state index in [0.29, 0.717) is 22.6 Å². The number of hydrogen-bond donors (Lipinski definition) is 2. The number of nitrogens with zero attached hydrogens (tertiary/aromatic N) is 2. The molecule has 23 heavy (non-hydrogen) atoms. The first kappa shape index (κ1) is 13.4. The fourth-order valence-corrected chi connectivity index (χ4v) is 2.68. The van der Waals surface area contributed by atoms with Crippen LogP contribution < -0.4 is 16.0 Å². The highest BCUT2D eigenvalue weighted by Gasteiger charge is 2.19. The fraction of sp³-hybridized carbons (Fsp3) is 0.0588. The van der Waals surface area contributed by atoms with Crippen LogP contribution in [0.3, 0.4) is 0 Å². The summed E-state index contributed by atoms with van der Waals surface area (Å²) < 4.78 is 6.53. The van der Waals surface area contributed by atoms with E-state index in [9.17, 15) is 4.79 Å². The number of nitrogens with two attached hydrogens (primary N) is 1. The average molecular weight is 306 g/mol. The molecule has 2 heterocycles. The molecular weight excluding hydrogens is 292 g/mol. The number of nitrogen functional groups attached to an aromatic ring is 1. The van der Waals surface area contributed by atoms with E-state index < -0.39 is 0 Å². The topological polar surface area (TPSA) is 85.9 Å². The zero-order valence-electron chi connectivity index (χ0n) is 12.4. The molecule has 0 spiro atoms. The van der Waals surface area contributed by atoms with Gasteiger partial charge in [0, 0.05) is 22.8 Å². The van der Waals surface area contributed by atoms with Gasteiger partial charge in [0.25, 0.3) is 5.56 Å². The Kier molecular flexibility index (Phi) is 2.84. The summed E-state index contributed by atoms with van der Waals surface area (Å²) in [5.74, 6) is 0.726. The minimum Gasteiger partial charge on any atom is -0.497 e. The van der Waals surface area contributed by atoms with Crippen molar-refractivity contribution in [2.45, 2.75) is 0 Å². The van der Waals surface area contributed by atoms with Gasteiger partial charge in [-0.3, -0.25) is 4.79 Å². The van der Waals surface area contributed by atoms with Crippen molar-refractivity contribution < 1.29 is 4.74 Å². The molecule has 0 amide bonds. The summed E-state index contributed by atoms with van der Waals surface area (Å²) in [5.41, 5.74) is 9.04. The highest BCUT2D eigenvalue weighted by atomic mass is 16.5. The van der Waals surface area contributed by atoms with Crippen molar-refractivity contribution in [3.8, 4) is 22.7 Å². The van der Waals surface area contributed by atoms with E-state index in [2.05, 4.69) is 10.1 Å². The molecule has 0 fully saturated rings. The largest absolute Gasteiger partial charge is 0.497 e. The van der Waals surface area contributed by atoms with E-state index in [1.807, 2.05) is 18.2 Å². The minimum atomic E-state index is -0.175. The zero-order valence-corrected chi connectivity index (χ0v) is 12.4. The number of H-pyrrole nitrogens is 1. The molecule has 2 aliphatic heterocycles. The quantitative estimate of drug-likeness (QED) is 0.557. The van der Waals surface area contributed by atoms with E-state index in [1.165, 1.54) is 4.68 Å². The van der Waals surface area contributed by atoms with Crippen LogP contribution in [-0.4, -0.2) is 21.9 Å². The summed E-state index contributed by atoms with van der Waals surface area (Å²) in [6.45, 7) is 0. The third kappa shape index (κ3) is 2.03. The summed E-state index contributed by atoms with van der Waals surface area (Å²) in [5, 5.41) is 5.32. The molecule has 2 aliphatic rings. The molecule has 0 aliphatic carbocycles. The summed E-state index contributed by atoms with van der Waals surface area (Å²) in [7, 11) is 1.60. The minimum absolute atomic E-state index is 0.175. The van der Waals surface area contributed by atoms with Gasteiger partial charge >= 0.3 is 0 Å². The molecule has 0 saturated carbocycles. The van der Waals surface area contributed by atoms with E-state index in [4.69, 9.17) is 10.5 Å². The molecule has 114 valence electrons. The van der Waals surface area contributed by atoms with Gasteiger partial charge in [0.1, 0.15) is 11.4 Å². The summed E-state index contributed by atoms with van der Waals surface area (Å²) in [6.07, 6.45) is 1.68. The van der Waals surface area contributed by atoms with Crippen molar-refractivity contribution in [2.24, 2.45) is 0 Å². The zero-order chi connectivity index (χ0) is 16.0. The Labute approximate surface area is 131 Å². The number of ether oxygens (including phenoxy) is 1. The molecule has 4 rings (SSSR count). The van der Waals surface area contributed by atoms with Crippen molar-refractivity contribution in [1.82, 2.24) is 14.8 Å². The van der Waals surface area contributed by atoms with E-state index in [-0.39, 0.29) is 5.56 Å². The second-order valence-corrected chi connectivity index (χ2v) is 5.27. The Morgan fingerprint density at radius 3 is 2.70 bits per heavy atom. The number of anilines is 1. The summed E-state index contributed by atoms with van der Waals surface area (Å²) >= 11 is 0. The predicted octanol–water partition coefficient (Wildman–Crippen LogP) is 2.41. The molecule has 6 nitrogen and oxygen atoms in total.